The third kappa shape index (κ3) is 3.67. The van der Waals surface area contributed by atoms with Gasteiger partial charge in [0.2, 0.25) is 11.8 Å². The maximum Gasteiger partial charge on any atom is 1.00 e. The van der Waals surface area contributed by atoms with Crippen LogP contribution in [0.15, 0.2) is 24.3 Å². The number of aliphatic carboxylic acids is 1. The second kappa shape index (κ2) is 7.19. The quantitative estimate of drug-likeness (QED) is 0.404. The molecule has 0 unspecified atom stereocenters. The van der Waals surface area contributed by atoms with Crippen LogP contribution in [0.1, 0.15) is 20.8 Å². The molecular formula is C16H19N2NaO5S. The van der Waals surface area contributed by atoms with Gasteiger partial charge in [-0.05, 0) is 31.5 Å². The smallest absolute Gasteiger partial charge is 1.00 e. The molecule has 7 nitrogen and oxygen atoms in total. The molecule has 2 aliphatic rings. The molecule has 2 aliphatic heterocycles. The Balaban J connectivity index is 0.00000169. The zero-order valence-electron chi connectivity index (χ0n) is 15.2. The van der Waals surface area contributed by atoms with Crippen LogP contribution in [0.5, 0.6) is 5.75 Å². The first-order chi connectivity index (χ1) is 11.2. The number of fused-ring (bicyclic) bond motifs is 1. The molecule has 3 N–H and O–H groups in total. The molecule has 0 saturated carbocycles. The Hall–Kier alpha value is -1.22. The minimum Gasteiger partial charge on any atom is -1.00 e. The van der Waals surface area contributed by atoms with Gasteiger partial charge >= 0.3 is 35.5 Å². The van der Waals surface area contributed by atoms with Crippen molar-refractivity contribution in [2.45, 2.75) is 42.5 Å². The molecule has 2 heterocycles. The molecule has 1 aromatic carbocycles. The molecule has 130 valence electrons. The zero-order chi connectivity index (χ0) is 17.6. The predicted molar refractivity (Wildman–Crippen MR) is 88.6 cm³/mol. The summed E-state index contributed by atoms with van der Waals surface area (Å²) in [5.74, 6) is -1.58. The number of aromatic hydroxyl groups is 1. The van der Waals surface area contributed by atoms with E-state index in [0.717, 1.165) is 5.56 Å². The van der Waals surface area contributed by atoms with Crippen LogP contribution in [0.4, 0.5) is 0 Å². The molecule has 3 atom stereocenters. The number of carbonyl (C=O) groups excluding carboxylic acids is 2. The first kappa shape index (κ1) is 20.1. The van der Waals surface area contributed by atoms with Crippen LogP contribution in [-0.4, -0.2) is 55.1 Å². The van der Waals surface area contributed by atoms with Gasteiger partial charge in [-0.2, -0.15) is 0 Å². The van der Waals surface area contributed by atoms with Crippen molar-refractivity contribution in [3.8, 4) is 5.75 Å². The van der Waals surface area contributed by atoms with E-state index in [1.165, 1.54) is 28.8 Å². The summed E-state index contributed by atoms with van der Waals surface area (Å²) >= 11 is 1.39. The second-order valence-corrected chi connectivity index (χ2v) is 8.26. The van der Waals surface area contributed by atoms with Crippen LogP contribution >= 0.6 is 11.8 Å². The number of carboxylic acid groups (broad SMARTS) is 1. The van der Waals surface area contributed by atoms with E-state index in [2.05, 4.69) is 5.32 Å². The Bertz CT molecular complexity index is 715. The van der Waals surface area contributed by atoms with E-state index >= 15 is 0 Å². The van der Waals surface area contributed by atoms with Crippen LogP contribution in [0.3, 0.4) is 0 Å². The van der Waals surface area contributed by atoms with E-state index in [1.54, 1.807) is 26.0 Å². The molecule has 0 aliphatic carbocycles. The number of carbonyl (C=O) groups is 3. The third-order valence-electron chi connectivity index (χ3n) is 4.29. The Labute approximate surface area is 172 Å². The summed E-state index contributed by atoms with van der Waals surface area (Å²) in [6, 6.07) is 4.68. The van der Waals surface area contributed by atoms with E-state index in [4.69, 9.17) is 0 Å². The fourth-order valence-electron chi connectivity index (χ4n) is 3.17. The number of benzene rings is 1. The summed E-state index contributed by atoms with van der Waals surface area (Å²) in [6.45, 7) is 3.58. The van der Waals surface area contributed by atoms with Crippen LogP contribution in [0.25, 0.3) is 0 Å². The zero-order valence-corrected chi connectivity index (χ0v) is 17.0. The molecule has 25 heavy (non-hydrogen) atoms. The average Bonchev–Trinajstić information content (AvgIpc) is 2.76. The monoisotopic (exact) mass is 374 g/mol. The summed E-state index contributed by atoms with van der Waals surface area (Å²) in [6.07, 6.45) is 0.0905. The van der Waals surface area contributed by atoms with Crippen molar-refractivity contribution in [3.05, 3.63) is 29.8 Å². The van der Waals surface area contributed by atoms with Gasteiger partial charge in [-0.1, -0.05) is 12.1 Å². The van der Waals surface area contributed by atoms with Crippen LogP contribution < -0.4 is 34.9 Å². The van der Waals surface area contributed by atoms with E-state index < -0.39 is 22.8 Å². The van der Waals surface area contributed by atoms with Crippen molar-refractivity contribution < 1.29 is 55.6 Å². The fraction of sp³-hybridized carbons (Fsp3) is 0.438. The van der Waals surface area contributed by atoms with Crippen molar-refractivity contribution in [1.82, 2.24) is 10.2 Å². The summed E-state index contributed by atoms with van der Waals surface area (Å²) < 4.78 is -0.609. The first-order valence-electron chi connectivity index (χ1n) is 7.51. The molecule has 2 amide bonds. The number of rotatable bonds is 4. The number of hydrogen-bond donors (Lipinski definition) is 3. The van der Waals surface area contributed by atoms with E-state index in [0.29, 0.717) is 0 Å². The van der Waals surface area contributed by atoms with Crippen molar-refractivity contribution in [3.63, 3.8) is 0 Å². The summed E-state index contributed by atoms with van der Waals surface area (Å²) in [7, 11) is 0. The summed E-state index contributed by atoms with van der Waals surface area (Å²) in [5.41, 5.74) is 0.719. The van der Waals surface area contributed by atoms with Crippen LogP contribution in [0.2, 0.25) is 0 Å². The second-order valence-electron chi connectivity index (χ2n) is 6.49. The SMILES string of the molecule is CC1(C)S[C@@H]2[C@H](NC(=O)Cc3ccc(O)cc3)C(=O)N2[C@H]1C(=O)O.[H-].[Na+]. The molecule has 3 rings (SSSR count). The number of β-lactam (4-membered cyclic amide) rings is 1. The van der Waals surface area contributed by atoms with Gasteiger partial charge in [-0.3, -0.25) is 9.59 Å². The molecule has 2 saturated heterocycles. The van der Waals surface area contributed by atoms with Crippen molar-refractivity contribution >= 4 is 29.5 Å². The standard InChI is InChI=1S/C16H18N2O5S.Na.H/c1-16(2)12(15(22)23)18-13(21)11(14(18)24-16)17-10(20)7-8-3-5-9(19)6-4-8;;/h3-6,11-12,14,19H,7H2,1-2H3,(H,17,20)(H,22,23);;/q;+1;-1/t11-,12+,14-;;/m1../s1. The molecular weight excluding hydrogens is 355 g/mol. The minimum atomic E-state index is -1.03. The van der Waals surface area contributed by atoms with E-state index in [9.17, 15) is 24.6 Å². The van der Waals surface area contributed by atoms with E-state index in [1.807, 2.05) is 0 Å². The Morgan fingerprint density at radius 3 is 2.48 bits per heavy atom. The Morgan fingerprint density at radius 2 is 1.92 bits per heavy atom. The van der Waals surface area contributed by atoms with Crippen molar-refractivity contribution in [1.29, 1.82) is 0 Å². The number of carboxylic acids is 1. The topological polar surface area (TPSA) is 107 Å². The molecule has 9 heteroatoms. The molecule has 0 radical (unpaired) electrons. The van der Waals surface area contributed by atoms with Crippen LogP contribution in [-0.2, 0) is 20.8 Å². The van der Waals surface area contributed by atoms with Gasteiger partial charge in [0.05, 0.1) is 6.42 Å². The molecule has 0 aromatic heterocycles. The van der Waals surface area contributed by atoms with Gasteiger partial charge in [0.1, 0.15) is 23.2 Å². The van der Waals surface area contributed by atoms with Gasteiger partial charge in [0, 0.05) is 4.75 Å². The fourth-order valence-corrected chi connectivity index (χ4v) is 4.79. The maximum atomic E-state index is 12.3. The van der Waals surface area contributed by atoms with Gasteiger partial charge in [-0.25, -0.2) is 4.79 Å². The first-order valence-corrected chi connectivity index (χ1v) is 8.39. The van der Waals surface area contributed by atoms with Crippen LogP contribution in [0, 0.1) is 0 Å². The number of amides is 2. The van der Waals surface area contributed by atoms with Crippen molar-refractivity contribution in [2.24, 2.45) is 0 Å². The number of hydrogen-bond acceptors (Lipinski definition) is 5. The third-order valence-corrected chi connectivity index (χ3v) is 5.86. The molecule has 1 aromatic rings. The normalized spacial score (nSPS) is 26.2. The number of phenolic OH excluding ortho intramolecular Hbond substituents is 1. The van der Waals surface area contributed by atoms with Gasteiger partial charge < -0.3 is 21.9 Å². The van der Waals surface area contributed by atoms with Gasteiger partial charge in [0.25, 0.3) is 0 Å². The van der Waals surface area contributed by atoms with E-state index in [-0.39, 0.29) is 60.3 Å². The van der Waals surface area contributed by atoms with Gasteiger partial charge in [-0.15, -0.1) is 11.8 Å². The maximum absolute atomic E-state index is 12.3. The minimum absolute atomic E-state index is 0. The number of nitrogens with one attached hydrogen (secondary N) is 1. The van der Waals surface area contributed by atoms with Crippen molar-refractivity contribution in [2.75, 3.05) is 0 Å². The largest absolute Gasteiger partial charge is 1.00 e. The number of thioether (sulfide) groups is 1. The Kier molecular flexibility index (Phi) is 5.78. The average molecular weight is 374 g/mol. The molecule has 0 bridgehead atoms. The molecule has 0 spiro atoms. The summed E-state index contributed by atoms with van der Waals surface area (Å²) in [5, 5.41) is 20.9. The summed E-state index contributed by atoms with van der Waals surface area (Å²) in [4.78, 5) is 37.2. The predicted octanol–water partition coefficient (Wildman–Crippen LogP) is -2.32. The molecule has 2 fully saturated rings. The number of phenols is 1. The number of nitrogens with zero attached hydrogens (tertiary/aromatic N) is 1. The Morgan fingerprint density at radius 1 is 1.32 bits per heavy atom. The van der Waals surface area contributed by atoms with Gasteiger partial charge in [0.15, 0.2) is 0 Å².